The van der Waals surface area contributed by atoms with Crippen molar-refractivity contribution in [3.63, 3.8) is 0 Å². The molecule has 5 atom stereocenters. The Labute approximate surface area is 174 Å². The van der Waals surface area contributed by atoms with E-state index in [-0.39, 0.29) is 5.41 Å². The van der Waals surface area contributed by atoms with Gasteiger partial charge in [-0.2, -0.15) is 0 Å². The van der Waals surface area contributed by atoms with E-state index in [4.69, 9.17) is 0 Å². The van der Waals surface area contributed by atoms with Gasteiger partial charge in [0.15, 0.2) is 5.78 Å². The number of fused-ring (bicyclic) bond motifs is 4. The van der Waals surface area contributed by atoms with Crippen LogP contribution >= 0.6 is 0 Å². The number of hydrogen-bond acceptors (Lipinski definition) is 2. The summed E-state index contributed by atoms with van der Waals surface area (Å²) in [5, 5.41) is 11.4. The number of benzene rings is 1. The Kier molecular flexibility index (Phi) is 4.30. The molecule has 1 N–H and O–H groups in total. The van der Waals surface area contributed by atoms with Gasteiger partial charge in [-0.1, -0.05) is 49.4 Å². The maximum atomic E-state index is 12.1. The van der Waals surface area contributed by atoms with Gasteiger partial charge < -0.3 is 5.11 Å². The first-order valence-corrected chi connectivity index (χ1v) is 11.3. The summed E-state index contributed by atoms with van der Waals surface area (Å²) in [6.45, 7) is 8.30. The molecule has 1 aromatic rings. The van der Waals surface area contributed by atoms with Crippen LogP contribution in [-0.4, -0.2) is 16.5 Å². The van der Waals surface area contributed by atoms with Crippen LogP contribution in [0.4, 0.5) is 0 Å². The van der Waals surface area contributed by atoms with E-state index >= 15 is 0 Å². The molecule has 152 valence electrons. The molecule has 2 nitrogen and oxygen atoms in total. The molecule has 0 spiro atoms. The van der Waals surface area contributed by atoms with Crippen LogP contribution in [0.15, 0.2) is 53.6 Å². The Morgan fingerprint density at radius 2 is 1.86 bits per heavy atom. The third-order valence-electron chi connectivity index (χ3n) is 8.87. The van der Waals surface area contributed by atoms with E-state index in [1.54, 1.807) is 5.57 Å². The van der Waals surface area contributed by atoms with Gasteiger partial charge in [-0.15, -0.1) is 0 Å². The molecule has 0 aliphatic heterocycles. The SMILES string of the molecule is C=Cc1ccc([C@H]2CC3(C)C(CCC3(C)O)C3CCC4=CC(=O)CCC4=C32)cc1. The topological polar surface area (TPSA) is 37.3 Å². The minimum absolute atomic E-state index is 0.0603. The first-order valence-electron chi connectivity index (χ1n) is 11.3. The van der Waals surface area contributed by atoms with Gasteiger partial charge in [-0.25, -0.2) is 0 Å². The van der Waals surface area contributed by atoms with Gasteiger partial charge in [0.2, 0.25) is 0 Å². The fraction of sp³-hybridized carbons (Fsp3) is 0.519. The van der Waals surface area contributed by atoms with Crippen molar-refractivity contribution in [1.82, 2.24) is 0 Å². The second-order valence-electron chi connectivity index (χ2n) is 10.2. The lowest BCUT2D eigenvalue weighted by atomic mass is 9.51. The molecule has 2 heteroatoms. The fourth-order valence-corrected chi connectivity index (χ4v) is 7.04. The van der Waals surface area contributed by atoms with Crippen LogP contribution in [0.2, 0.25) is 0 Å². The molecule has 4 aliphatic carbocycles. The van der Waals surface area contributed by atoms with E-state index < -0.39 is 5.60 Å². The van der Waals surface area contributed by atoms with Crippen molar-refractivity contribution in [2.75, 3.05) is 0 Å². The van der Waals surface area contributed by atoms with Crippen LogP contribution in [0.1, 0.15) is 75.8 Å². The summed E-state index contributed by atoms with van der Waals surface area (Å²) in [5.41, 5.74) is 6.20. The van der Waals surface area contributed by atoms with Gasteiger partial charge in [0.25, 0.3) is 0 Å². The predicted octanol–water partition coefficient (Wildman–Crippen LogP) is 5.98. The zero-order valence-corrected chi connectivity index (χ0v) is 17.7. The largest absolute Gasteiger partial charge is 0.390 e. The van der Waals surface area contributed by atoms with Gasteiger partial charge in [-0.3, -0.25) is 4.79 Å². The molecule has 0 saturated heterocycles. The lowest BCUT2D eigenvalue weighted by molar-refractivity contribution is -0.114. The summed E-state index contributed by atoms with van der Waals surface area (Å²) in [7, 11) is 0. The van der Waals surface area contributed by atoms with E-state index in [9.17, 15) is 9.90 Å². The molecular weight excluding hydrogens is 356 g/mol. The average molecular weight is 389 g/mol. The molecule has 5 rings (SSSR count). The molecule has 4 aliphatic rings. The number of hydrogen-bond donors (Lipinski definition) is 1. The monoisotopic (exact) mass is 388 g/mol. The van der Waals surface area contributed by atoms with Crippen LogP contribution in [0.25, 0.3) is 6.08 Å². The molecule has 0 radical (unpaired) electrons. The third kappa shape index (κ3) is 2.75. The predicted molar refractivity (Wildman–Crippen MR) is 117 cm³/mol. The number of rotatable bonds is 2. The zero-order valence-electron chi connectivity index (χ0n) is 17.7. The Hall–Kier alpha value is -1.93. The number of ketones is 1. The molecule has 0 heterocycles. The van der Waals surface area contributed by atoms with Crippen LogP contribution in [-0.2, 0) is 4.79 Å². The summed E-state index contributed by atoms with van der Waals surface area (Å²) in [6, 6.07) is 8.83. The average Bonchev–Trinajstić information content (AvgIpc) is 2.96. The molecule has 4 unspecified atom stereocenters. The van der Waals surface area contributed by atoms with Crippen LogP contribution < -0.4 is 0 Å². The molecule has 0 aromatic heterocycles. The smallest absolute Gasteiger partial charge is 0.156 e. The summed E-state index contributed by atoms with van der Waals surface area (Å²) >= 11 is 0. The van der Waals surface area contributed by atoms with Gasteiger partial charge in [0, 0.05) is 17.8 Å². The number of aliphatic hydroxyl groups is 1. The first-order chi connectivity index (χ1) is 13.8. The highest BCUT2D eigenvalue weighted by atomic mass is 16.3. The molecule has 0 amide bonds. The number of carbonyl (C=O) groups excluding carboxylic acids is 1. The minimum Gasteiger partial charge on any atom is -0.390 e. The molecule has 29 heavy (non-hydrogen) atoms. The Bertz CT molecular complexity index is 930. The van der Waals surface area contributed by atoms with Gasteiger partial charge in [0.05, 0.1) is 5.60 Å². The maximum Gasteiger partial charge on any atom is 0.156 e. The van der Waals surface area contributed by atoms with E-state index in [0.29, 0.717) is 30.0 Å². The van der Waals surface area contributed by atoms with E-state index in [1.165, 1.54) is 16.7 Å². The highest BCUT2D eigenvalue weighted by Gasteiger charge is 2.60. The lowest BCUT2D eigenvalue weighted by Gasteiger charge is -2.54. The highest BCUT2D eigenvalue weighted by Crippen LogP contribution is 2.66. The lowest BCUT2D eigenvalue weighted by Crippen LogP contribution is -2.50. The zero-order chi connectivity index (χ0) is 20.4. The number of carbonyl (C=O) groups is 1. The van der Waals surface area contributed by atoms with Gasteiger partial charge >= 0.3 is 0 Å². The van der Waals surface area contributed by atoms with E-state index in [1.807, 2.05) is 12.2 Å². The van der Waals surface area contributed by atoms with Crippen molar-refractivity contribution in [3.8, 4) is 0 Å². The van der Waals surface area contributed by atoms with Crippen molar-refractivity contribution in [2.45, 2.75) is 70.3 Å². The summed E-state index contributed by atoms with van der Waals surface area (Å²) in [6.07, 6.45) is 10.5. The molecular formula is C27H32O2. The fourth-order valence-electron chi connectivity index (χ4n) is 7.04. The van der Waals surface area contributed by atoms with Crippen LogP contribution in [0, 0.1) is 17.3 Å². The number of allylic oxidation sites excluding steroid dienone is 4. The minimum atomic E-state index is -0.605. The summed E-state index contributed by atoms with van der Waals surface area (Å²) < 4.78 is 0. The molecule has 2 fully saturated rings. The van der Waals surface area contributed by atoms with Crippen molar-refractivity contribution < 1.29 is 9.90 Å². The Morgan fingerprint density at radius 3 is 2.59 bits per heavy atom. The summed E-state index contributed by atoms with van der Waals surface area (Å²) in [4.78, 5) is 12.1. The van der Waals surface area contributed by atoms with Crippen molar-refractivity contribution in [3.05, 3.63) is 64.8 Å². The van der Waals surface area contributed by atoms with Crippen molar-refractivity contribution in [1.29, 1.82) is 0 Å². The van der Waals surface area contributed by atoms with E-state index in [0.717, 1.165) is 44.1 Å². The Morgan fingerprint density at radius 1 is 1.10 bits per heavy atom. The second kappa shape index (κ2) is 6.54. The molecule has 1 aromatic carbocycles. The van der Waals surface area contributed by atoms with Crippen LogP contribution in [0.3, 0.4) is 0 Å². The van der Waals surface area contributed by atoms with Crippen LogP contribution in [0.5, 0.6) is 0 Å². The normalized spacial score (nSPS) is 38.8. The van der Waals surface area contributed by atoms with Gasteiger partial charge in [-0.05, 0) is 85.6 Å². The van der Waals surface area contributed by atoms with Gasteiger partial charge in [0.1, 0.15) is 0 Å². The second-order valence-corrected chi connectivity index (χ2v) is 10.2. The third-order valence-corrected chi connectivity index (χ3v) is 8.87. The standard InChI is InChI=1S/C27H32O2/c1-4-17-5-7-18(8-6-17)23-16-26(2)24(13-14-27(26,3)29)22-11-9-19-15-20(28)10-12-21(19)25(22)23/h4-8,15,22-24,29H,1,9-14,16H2,2-3H3/t22?,23-,24?,26?,27?/m1/s1. The first kappa shape index (κ1) is 19.1. The molecule has 0 bridgehead atoms. The van der Waals surface area contributed by atoms with Crippen molar-refractivity contribution >= 4 is 11.9 Å². The molecule has 2 saturated carbocycles. The maximum absolute atomic E-state index is 12.1. The van der Waals surface area contributed by atoms with E-state index in [2.05, 4.69) is 44.7 Å². The Balaban J connectivity index is 1.68. The van der Waals surface area contributed by atoms with Crippen molar-refractivity contribution in [2.24, 2.45) is 17.3 Å². The summed E-state index contributed by atoms with van der Waals surface area (Å²) in [5.74, 6) is 1.70. The highest BCUT2D eigenvalue weighted by molar-refractivity contribution is 5.93. The quantitative estimate of drug-likeness (QED) is 0.677.